The molecule has 1 saturated heterocycles. The van der Waals surface area contributed by atoms with E-state index in [4.69, 9.17) is 16.3 Å². The van der Waals surface area contributed by atoms with E-state index in [0.717, 1.165) is 30.7 Å². The lowest BCUT2D eigenvalue weighted by Crippen LogP contribution is -2.32. The third kappa shape index (κ3) is 4.30. The van der Waals surface area contributed by atoms with Crippen LogP contribution in [0.25, 0.3) is 0 Å². The van der Waals surface area contributed by atoms with Crippen molar-refractivity contribution in [1.29, 1.82) is 0 Å². The molecule has 5 heteroatoms. The van der Waals surface area contributed by atoms with Crippen molar-refractivity contribution in [3.05, 3.63) is 64.9 Å². The van der Waals surface area contributed by atoms with Crippen molar-refractivity contribution in [2.75, 3.05) is 6.61 Å². The van der Waals surface area contributed by atoms with Crippen molar-refractivity contribution in [3.63, 3.8) is 0 Å². The summed E-state index contributed by atoms with van der Waals surface area (Å²) >= 11 is 6.10. The SMILES string of the molecule is O=C(C[C@@H]1CCCO1)N[C@H](c1cccc(Cl)c1)c1ccccn1. The van der Waals surface area contributed by atoms with Gasteiger partial charge in [0.1, 0.15) is 0 Å². The lowest BCUT2D eigenvalue weighted by Gasteiger charge is -2.20. The Morgan fingerprint density at radius 2 is 2.26 bits per heavy atom. The van der Waals surface area contributed by atoms with Gasteiger partial charge in [-0.3, -0.25) is 9.78 Å². The molecule has 1 aromatic heterocycles. The van der Waals surface area contributed by atoms with Gasteiger partial charge in [-0.25, -0.2) is 0 Å². The van der Waals surface area contributed by atoms with E-state index in [-0.39, 0.29) is 18.1 Å². The molecule has 23 heavy (non-hydrogen) atoms. The zero-order valence-corrected chi connectivity index (χ0v) is 13.5. The van der Waals surface area contributed by atoms with Gasteiger partial charge in [-0.1, -0.05) is 29.8 Å². The van der Waals surface area contributed by atoms with E-state index in [1.54, 1.807) is 6.20 Å². The zero-order valence-electron chi connectivity index (χ0n) is 12.7. The van der Waals surface area contributed by atoms with Crippen LogP contribution in [0.15, 0.2) is 48.7 Å². The maximum Gasteiger partial charge on any atom is 0.223 e. The predicted octanol–water partition coefficient (Wildman–Crippen LogP) is 3.51. The van der Waals surface area contributed by atoms with Gasteiger partial charge >= 0.3 is 0 Å². The summed E-state index contributed by atoms with van der Waals surface area (Å²) in [7, 11) is 0. The molecule has 2 heterocycles. The monoisotopic (exact) mass is 330 g/mol. The van der Waals surface area contributed by atoms with Gasteiger partial charge in [-0.2, -0.15) is 0 Å². The Labute approximate surface area is 140 Å². The number of ether oxygens (including phenoxy) is 1. The number of carbonyl (C=O) groups is 1. The van der Waals surface area contributed by atoms with Gasteiger partial charge in [0, 0.05) is 17.8 Å². The summed E-state index contributed by atoms with van der Waals surface area (Å²) in [6.45, 7) is 0.746. The fourth-order valence-electron chi connectivity index (χ4n) is 2.79. The smallest absolute Gasteiger partial charge is 0.223 e. The summed E-state index contributed by atoms with van der Waals surface area (Å²) < 4.78 is 5.54. The van der Waals surface area contributed by atoms with E-state index in [1.165, 1.54) is 0 Å². The number of nitrogens with zero attached hydrogens (tertiary/aromatic N) is 1. The summed E-state index contributed by atoms with van der Waals surface area (Å²) in [5.41, 5.74) is 1.70. The average molecular weight is 331 g/mol. The molecule has 1 aliphatic heterocycles. The minimum atomic E-state index is -0.316. The maximum atomic E-state index is 12.4. The first-order valence-electron chi connectivity index (χ1n) is 7.80. The predicted molar refractivity (Wildman–Crippen MR) is 89.3 cm³/mol. The highest BCUT2D eigenvalue weighted by atomic mass is 35.5. The molecule has 0 bridgehead atoms. The average Bonchev–Trinajstić information content (AvgIpc) is 3.06. The topological polar surface area (TPSA) is 51.2 Å². The Balaban J connectivity index is 1.79. The second-order valence-corrected chi connectivity index (χ2v) is 6.09. The van der Waals surface area contributed by atoms with Crippen LogP contribution in [0.1, 0.15) is 36.6 Å². The van der Waals surface area contributed by atoms with E-state index >= 15 is 0 Å². The fraction of sp³-hybridized carbons (Fsp3) is 0.333. The van der Waals surface area contributed by atoms with Crippen LogP contribution in [0.2, 0.25) is 5.02 Å². The van der Waals surface area contributed by atoms with Gasteiger partial charge in [-0.15, -0.1) is 0 Å². The number of nitrogens with one attached hydrogen (secondary N) is 1. The van der Waals surface area contributed by atoms with Crippen molar-refractivity contribution < 1.29 is 9.53 Å². The number of carbonyl (C=O) groups excluding carboxylic acids is 1. The van der Waals surface area contributed by atoms with Gasteiger partial charge in [-0.05, 0) is 42.7 Å². The second kappa shape index (κ2) is 7.57. The Morgan fingerprint density at radius 3 is 2.96 bits per heavy atom. The highest BCUT2D eigenvalue weighted by Gasteiger charge is 2.23. The number of amides is 1. The fourth-order valence-corrected chi connectivity index (χ4v) is 2.99. The van der Waals surface area contributed by atoms with Crippen molar-refractivity contribution in [3.8, 4) is 0 Å². The summed E-state index contributed by atoms with van der Waals surface area (Å²) in [5, 5.41) is 3.70. The summed E-state index contributed by atoms with van der Waals surface area (Å²) in [4.78, 5) is 16.8. The molecule has 0 unspecified atom stereocenters. The number of benzene rings is 1. The zero-order chi connectivity index (χ0) is 16.1. The number of pyridine rings is 1. The van der Waals surface area contributed by atoms with Crippen LogP contribution in [0.3, 0.4) is 0 Å². The van der Waals surface area contributed by atoms with Gasteiger partial charge in [0.2, 0.25) is 5.91 Å². The molecule has 0 aliphatic carbocycles. The van der Waals surface area contributed by atoms with Crippen molar-refractivity contribution in [2.24, 2.45) is 0 Å². The summed E-state index contributed by atoms with van der Waals surface area (Å²) in [6.07, 6.45) is 4.09. The standard InChI is InChI=1S/C18H19ClN2O2/c19-14-6-3-5-13(11-14)18(16-8-1-2-9-20-16)21-17(22)12-15-7-4-10-23-15/h1-3,5-6,8-9,11,15,18H,4,7,10,12H2,(H,21,22)/t15-,18+/m0/s1. The summed E-state index contributed by atoms with van der Waals surface area (Å²) in [5.74, 6) is -0.0347. The first-order chi connectivity index (χ1) is 11.2. The van der Waals surface area contributed by atoms with E-state index in [9.17, 15) is 4.79 Å². The van der Waals surface area contributed by atoms with Crippen LogP contribution >= 0.6 is 11.6 Å². The van der Waals surface area contributed by atoms with Gasteiger partial charge in [0.15, 0.2) is 0 Å². The van der Waals surface area contributed by atoms with Crippen LogP contribution in [-0.2, 0) is 9.53 Å². The van der Waals surface area contributed by atoms with Gasteiger partial charge in [0.05, 0.1) is 24.3 Å². The maximum absolute atomic E-state index is 12.4. The Kier molecular flexibility index (Phi) is 5.26. The largest absolute Gasteiger partial charge is 0.378 e. The molecule has 0 saturated carbocycles. The lowest BCUT2D eigenvalue weighted by molar-refractivity contribution is -0.123. The molecular weight excluding hydrogens is 312 g/mol. The van der Waals surface area contributed by atoms with Crippen LogP contribution in [-0.4, -0.2) is 23.6 Å². The molecule has 0 radical (unpaired) electrons. The normalized spacial score (nSPS) is 18.6. The third-order valence-corrected chi connectivity index (χ3v) is 4.14. The Morgan fingerprint density at radius 1 is 1.35 bits per heavy atom. The van der Waals surface area contributed by atoms with E-state index in [2.05, 4.69) is 10.3 Å². The quantitative estimate of drug-likeness (QED) is 0.912. The van der Waals surface area contributed by atoms with Crippen molar-refractivity contribution >= 4 is 17.5 Å². The lowest BCUT2D eigenvalue weighted by atomic mass is 10.0. The highest BCUT2D eigenvalue weighted by Crippen LogP contribution is 2.24. The van der Waals surface area contributed by atoms with E-state index in [0.29, 0.717) is 11.4 Å². The van der Waals surface area contributed by atoms with Gasteiger partial charge < -0.3 is 10.1 Å². The highest BCUT2D eigenvalue weighted by molar-refractivity contribution is 6.30. The number of halogens is 1. The molecule has 2 atom stereocenters. The molecule has 4 nitrogen and oxygen atoms in total. The Bertz CT molecular complexity index is 657. The molecule has 1 amide bonds. The molecule has 3 rings (SSSR count). The first kappa shape index (κ1) is 16.0. The minimum absolute atomic E-state index is 0.0266. The first-order valence-corrected chi connectivity index (χ1v) is 8.17. The van der Waals surface area contributed by atoms with Crippen LogP contribution in [0.5, 0.6) is 0 Å². The molecule has 1 fully saturated rings. The second-order valence-electron chi connectivity index (χ2n) is 5.65. The van der Waals surface area contributed by atoms with Crippen molar-refractivity contribution in [1.82, 2.24) is 10.3 Å². The number of aromatic nitrogens is 1. The van der Waals surface area contributed by atoms with Gasteiger partial charge in [0.25, 0.3) is 0 Å². The molecule has 0 spiro atoms. The minimum Gasteiger partial charge on any atom is -0.378 e. The number of hydrogen-bond donors (Lipinski definition) is 1. The number of hydrogen-bond acceptors (Lipinski definition) is 3. The van der Waals surface area contributed by atoms with Crippen LogP contribution < -0.4 is 5.32 Å². The van der Waals surface area contributed by atoms with Crippen LogP contribution in [0, 0.1) is 0 Å². The van der Waals surface area contributed by atoms with Crippen LogP contribution in [0.4, 0.5) is 0 Å². The number of rotatable bonds is 5. The van der Waals surface area contributed by atoms with E-state index in [1.807, 2.05) is 42.5 Å². The van der Waals surface area contributed by atoms with Crippen molar-refractivity contribution in [2.45, 2.75) is 31.4 Å². The molecule has 2 aromatic rings. The Hall–Kier alpha value is -1.91. The molecule has 1 N–H and O–H groups in total. The third-order valence-electron chi connectivity index (χ3n) is 3.91. The molecule has 1 aromatic carbocycles. The van der Waals surface area contributed by atoms with E-state index < -0.39 is 0 Å². The molecule has 120 valence electrons. The molecule has 1 aliphatic rings. The molecular formula is C18H19ClN2O2. The summed E-state index contributed by atoms with van der Waals surface area (Å²) in [6, 6.07) is 12.8.